The minimum Gasteiger partial charge on any atom is -0.312 e. The van der Waals surface area contributed by atoms with Gasteiger partial charge in [-0.05, 0) is 42.4 Å². The van der Waals surface area contributed by atoms with Crippen LogP contribution in [0.25, 0.3) is 0 Å². The molecule has 0 aliphatic heterocycles. The molecule has 0 unspecified atom stereocenters. The number of rotatable bonds is 5. The zero-order valence-corrected chi connectivity index (χ0v) is 11.9. The SMILES string of the molecule is CCC1(CNCc2ccc(C(F)(F)F)cc2)CCCC1. The summed E-state index contributed by atoms with van der Waals surface area (Å²) in [6, 6.07) is 5.43. The lowest BCUT2D eigenvalue weighted by atomic mass is 9.83. The van der Waals surface area contributed by atoms with Crippen molar-refractivity contribution < 1.29 is 13.2 Å². The Kier molecular flexibility index (Phi) is 4.74. The highest BCUT2D eigenvalue weighted by Crippen LogP contribution is 2.40. The van der Waals surface area contributed by atoms with Crippen molar-refractivity contribution in [2.24, 2.45) is 5.41 Å². The molecule has 0 radical (unpaired) electrons. The monoisotopic (exact) mass is 285 g/mol. The number of nitrogens with one attached hydrogen (secondary N) is 1. The fourth-order valence-electron chi connectivity index (χ4n) is 3.06. The number of alkyl halides is 3. The molecule has 1 nitrogen and oxygen atoms in total. The van der Waals surface area contributed by atoms with Crippen LogP contribution in [0.15, 0.2) is 24.3 Å². The maximum atomic E-state index is 12.5. The Morgan fingerprint density at radius 1 is 1.10 bits per heavy atom. The lowest BCUT2D eigenvalue weighted by Gasteiger charge is -2.27. The quantitative estimate of drug-likeness (QED) is 0.822. The molecule has 20 heavy (non-hydrogen) atoms. The van der Waals surface area contributed by atoms with E-state index in [2.05, 4.69) is 12.2 Å². The Hall–Kier alpha value is -1.03. The third-order valence-corrected chi connectivity index (χ3v) is 4.52. The molecule has 0 atom stereocenters. The standard InChI is InChI=1S/C16H22F3N/c1-2-15(9-3-4-10-15)12-20-11-13-5-7-14(8-6-13)16(17,18)19/h5-8,20H,2-4,9-12H2,1H3. The average molecular weight is 285 g/mol. The molecule has 1 saturated carbocycles. The zero-order valence-electron chi connectivity index (χ0n) is 11.9. The van der Waals surface area contributed by atoms with Crippen LogP contribution in [0.4, 0.5) is 13.2 Å². The molecule has 1 aliphatic rings. The second-order valence-electron chi connectivity index (χ2n) is 5.86. The van der Waals surface area contributed by atoms with E-state index < -0.39 is 11.7 Å². The molecule has 1 N–H and O–H groups in total. The molecular weight excluding hydrogens is 263 g/mol. The van der Waals surface area contributed by atoms with E-state index in [9.17, 15) is 13.2 Å². The predicted octanol–water partition coefficient (Wildman–Crippen LogP) is 4.77. The number of halogens is 3. The first-order chi connectivity index (χ1) is 9.45. The molecule has 0 amide bonds. The zero-order chi connectivity index (χ0) is 14.6. The molecule has 0 spiro atoms. The maximum absolute atomic E-state index is 12.5. The van der Waals surface area contributed by atoms with Crippen molar-refractivity contribution in [2.75, 3.05) is 6.54 Å². The topological polar surface area (TPSA) is 12.0 Å². The normalized spacial score (nSPS) is 18.4. The van der Waals surface area contributed by atoms with E-state index in [4.69, 9.17) is 0 Å². The van der Waals surface area contributed by atoms with E-state index >= 15 is 0 Å². The third-order valence-electron chi connectivity index (χ3n) is 4.52. The number of hydrogen-bond acceptors (Lipinski definition) is 1. The predicted molar refractivity (Wildman–Crippen MR) is 74.3 cm³/mol. The van der Waals surface area contributed by atoms with Crippen LogP contribution in [0.1, 0.15) is 50.2 Å². The molecular formula is C16H22F3N. The van der Waals surface area contributed by atoms with Crippen LogP contribution in [0, 0.1) is 5.41 Å². The van der Waals surface area contributed by atoms with Gasteiger partial charge in [0.25, 0.3) is 0 Å². The summed E-state index contributed by atoms with van der Waals surface area (Å²) in [6.07, 6.45) is 2.06. The van der Waals surface area contributed by atoms with Crippen LogP contribution < -0.4 is 5.32 Å². The summed E-state index contributed by atoms with van der Waals surface area (Å²) in [5, 5.41) is 3.41. The minimum atomic E-state index is -4.25. The second kappa shape index (κ2) is 6.17. The highest BCUT2D eigenvalue weighted by atomic mass is 19.4. The second-order valence-corrected chi connectivity index (χ2v) is 5.86. The van der Waals surface area contributed by atoms with Crippen LogP contribution in [0.5, 0.6) is 0 Å². The average Bonchev–Trinajstić information content (AvgIpc) is 2.88. The van der Waals surface area contributed by atoms with Gasteiger partial charge in [0.15, 0.2) is 0 Å². The van der Waals surface area contributed by atoms with Crippen molar-refractivity contribution >= 4 is 0 Å². The highest BCUT2D eigenvalue weighted by Gasteiger charge is 2.31. The van der Waals surface area contributed by atoms with Crippen LogP contribution in [-0.4, -0.2) is 6.54 Å². The highest BCUT2D eigenvalue weighted by molar-refractivity contribution is 5.24. The summed E-state index contributed by atoms with van der Waals surface area (Å²) >= 11 is 0. The van der Waals surface area contributed by atoms with Gasteiger partial charge in [-0.1, -0.05) is 31.9 Å². The molecule has 4 heteroatoms. The van der Waals surface area contributed by atoms with Crippen molar-refractivity contribution in [3.05, 3.63) is 35.4 Å². The van der Waals surface area contributed by atoms with Crippen LogP contribution in [0.2, 0.25) is 0 Å². The summed E-state index contributed by atoms with van der Waals surface area (Å²) in [5.41, 5.74) is 0.732. The van der Waals surface area contributed by atoms with Gasteiger partial charge in [0.1, 0.15) is 0 Å². The smallest absolute Gasteiger partial charge is 0.312 e. The summed E-state index contributed by atoms with van der Waals surface area (Å²) < 4.78 is 37.4. The van der Waals surface area contributed by atoms with Gasteiger partial charge in [-0.3, -0.25) is 0 Å². The van der Waals surface area contributed by atoms with Gasteiger partial charge >= 0.3 is 6.18 Å². The molecule has 1 aromatic carbocycles. The lowest BCUT2D eigenvalue weighted by molar-refractivity contribution is -0.137. The largest absolute Gasteiger partial charge is 0.416 e. The summed E-state index contributed by atoms with van der Waals surface area (Å²) in [7, 11) is 0. The van der Waals surface area contributed by atoms with Crippen LogP contribution >= 0.6 is 0 Å². The van der Waals surface area contributed by atoms with E-state index in [0.29, 0.717) is 12.0 Å². The summed E-state index contributed by atoms with van der Waals surface area (Å²) in [6.45, 7) is 3.83. The van der Waals surface area contributed by atoms with Gasteiger partial charge in [0.2, 0.25) is 0 Å². The van der Waals surface area contributed by atoms with Gasteiger partial charge in [0, 0.05) is 13.1 Å². The summed E-state index contributed by atoms with van der Waals surface area (Å²) in [5.74, 6) is 0. The van der Waals surface area contributed by atoms with Gasteiger partial charge in [-0.2, -0.15) is 13.2 Å². The Bertz CT molecular complexity index is 416. The number of hydrogen-bond donors (Lipinski definition) is 1. The van der Waals surface area contributed by atoms with Gasteiger partial charge in [-0.25, -0.2) is 0 Å². The van der Waals surface area contributed by atoms with Gasteiger partial charge < -0.3 is 5.32 Å². The van der Waals surface area contributed by atoms with E-state index in [1.54, 1.807) is 12.1 Å². The van der Waals surface area contributed by atoms with E-state index in [-0.39, 0.29) is 0 Å². The number of benzene rings is 1. The lowest BCUT2D eigenvalue weighted by Crippen LogP contribution is -2.31. The van der Waals surface area contributed by atoms with E-state index in [1.165, 1.54) is 32.1 Å². The molecule has 2 rings (SSSR count). The fourth-order valence-corrected chi connectivity index (χ4v) is 3.06. The van der Waals surface area contributed by atoms with Crippen molar-refractivity contribution in [3.8, 4) is 0 Å². The molecule has 0 saturated heterocycles. The minimum absolute atomic E-state index is 0.409. The molecule has 1 fully saturated rings. The van der Waals surface area contributed by atoms with E-state index in [1.807, 2.05) is 0 Å². The van der Waals surface area contributed by atoms with Crippen LogP contribution in [0.3, 0.4) is 0 Å². The molecule has 1 aliphatic carbocycles. The molecule has 112 valence electrons. The Balaban J connectivity index is 1.85. The molecule has 0 heterocycles. The first kappa shape index (κ1) is 15.4. The first-order valence-corrected chi connectivity index (χ1v) is 7.32. The molecule has 0 aromatic heterocycles. The van der Waals surface area contributed by atoms with E-state index in [0.717, 1.165) is 24.2 Å². The van der Waals surface area contributed by atoms with Crippen LogP contribution in [-0.2, 0) is 12.7 Å². The van der Waals surface area contributed by atoms with Gasteiger partial charge in [0.05, 0.1) is 5.56 Å². The Labute approximate surface area is 118 Å². The maximum Gasteiger partial charge on any atom is 0.416 e. The molecule has 0 bridgehead atoms. The third kappa shape index (κ3) is 3.75. The molecule has 1 aromatic rings. The first-order valence-electron chi connectivity index (χ1n) is 7.32. The Morgan fingerprint density at radius 2 is 1.70 bits per heavy atom. The van der Waals surface area contributed by atoms with Crippen molar-refractivity contribution in [1.29, 1.82) is 0 Å². The van der Waals surface area contributed by atoms with Gasteiger partial charge in [-0.15, -0.1) is 0 Å². The van der Waals surface area contributed by atoms with Crippen molar-refractivity contribution in [2.45, 2.75) is 51.7 Å². The fraction of sp³-hybridized carbons (Fsp3) is 0.625. The Morgan fingerprint density at radius 3 is 2.20 bits per heavy atom. The van der Waals surface area contributed by atoms with Crippen molar-refractivity contribution in [3.63, 3.8) is 0 Å². The summed E-state index contributed by atoms with van der Waals surface area (Å²) in [4.78, 5) is 0. The van der Waals surface area contributed by atoms with Crippen molar-refractivity contribution in [1.82, 2.24) is 5.32 Å².